The van der Waals surface area contributed by atoms with Crippen LogP contribution in [0.25, 0.3) is 0 Å². The molecule has 0 saturated heterocycles. The van der Waals surface area contributed by atoms with Gasteiger partial charge in [0.15, 0.2) is 0 Å². The monoisotopic (exact) mass is 136 g/mol. The van der Waals surface area contributed by atoms with E-state index in [-0.39, 0.29) is 0 Å². The van der Waals surface area contributed by atoms with Crippen molar-refractivity contribution >= 4 is 0 Å². The second-order valence-corrected chi connectivity index (χ2v) is 4.30. The van der Waals surface area contributed by atoms with Crippen molar-refractivity contribution < 1.29 is 0 Å². The molecule has 0 bridgehead atoms. The van der Waals surface area contributed by atoms with Gasteiger partial charge in [-0.3, -0.25) is 0 Å². The van der Waals surface area contributed by atoms with Crippen LogP contribution in [0.4, 0.5) is 0 Å². The first kappa shape index (κ1) is 6.45. The number of rotatable bonds is 1. The second kappa shape index (κ2) is 1.66. The summed E-state index contributed by atoms with van der Waals surface area (Å²) in [5, 5.41) is 0. The van der Waals surface area contributed by atoms with Gasteiger partial charge >= 0.3 is 0 Å². The van der Waals surface area contributed by atoms with Gasteiger partial charge in [-0.1, -0.05) is 32.9 Å². The topological polar surface area (TPSA) is 0 Å². The Morgan fingerprint density at radius 3 is 2.40 bits per heavy atom. The minimum absolute atomic E-state index is 0.652. The van der Waals surface area contributed by atoms with Crippen LogP contribution in [0, 0.1) is 23.2 Å². The predicted molar refractivity (Wildman–Crippen MR) is 43.7 cm³/mol. The molecule has 0 heteroatoms. The average Bonchev–Trinajstić information content (AvgIpc) is 2.52. The molecule has 1 saturated carbocycles. The van der Waals surface area contributed by atoms with E-state index < -0.39 is 0 Å². The highest BCUT2D eigenvalue weighted by Gasteiger charge is 2.58. The van der Waals surface area contributed by atoms with Crippen LogP contribution >= 0.6 is 0 Å². The molecule has 1 fully saturated rings. The summed E-state index contributed by atoms with van der Waals surface area (Å²) in [6.45, 7) is 7.04. The highest BCUT2D eigenvalue weighted by atomic mass is 14.6. The molecule has 10 heavy (non-hydrogen) atoms. The fourth-order valence-corrected chi connectivity index (χ4v) is 2.51. The largest absolute Gasteiger partial charge is 0.0848 e. The fourth-order valence-electron chi connectivity index (χ4n) is 2.51. The van der Waals surface area contributed by atoms with Crippen molar-refractivity contribution in [2.45, 2.75) is 27.2 Å². The maximum atomic E-state index is 2.47. The van der Waals surface area contributed by atoms with Gasteiger partial charge < -0.3 is 0 Å². The van der Waals surface area contributed by atoms with Crippen LogP contribution in [-0.4, -0.2) is 0 Å². The molecule has 0 unspecified atom stereocenters. The number of allylic oxidation sites excluding steroid dienone is 2. The van der Waals surface area contributed by atoms with Crippen molar-refractivity contribution in [3.05, 3.63) is 12.2 Å². The lowest BCUT2D eigenvalue weighted by atomic mass is 9.91. The quantitative estimate of drug-likeness (QED) is 0.486. The summed E-state index contributed by atoms with van der Waals surface area (Å²) in [5.41, 5.74) is 0.652. The van der Waals surface area contributed by atoms with Gasteiger partial charge in [0.2, 0.25) is 0 Å². The summed E-state index contributed by atoms with van der Waals surface area (Å²) in [4.78, 5) is 0. The van der Waals surface area contributed by atoms with Gasteiger partial charge in [0.25, 0.3) is 0 Å². The predicted octanol–water partition coefficient (Wildman–Crippen LogP) is 2.85. The average molecular weight is 136 g/mol. The molecule has 0 spiro atoms. The molecule has 0 aromatic carbocycles. The van der Waals surface area contributed by atoms with Gasteiger partial charge in [0.1, 0.15) is 0 Å². The fraction of sp³-hybridized carbons (Fsp3) is 0.800. The third kappa shape index (κ3) is 0.574. The van der Waals surface area contributed by atoms with Crippen LogP contribution in [-0.2, 0) is 0 Å². The van der Waals surface area contributed by atoms with Crippen LogP contribution in [0.2, 0.25) is 0 Å². The Bertz CT molecular complexity index is 178. The number of hydrogen-bond acceptors (Lipinski definition) is 0. The van der Waals surface area contributed by atoms with Crippen LogP contribution in [0.3, 0.4) is 0 Å². The van der Waals surface area contributed by atoms with Gasteiger partial charge in [-0.05, 0) is 29.6 Å². The van der Waals surface area contributed by atoms with Crippen LogP contribution < -0.4 is 0 Å². The molecule has 56 valence electrons. The van der Waals surface area contributed by atoms with Crippen molar-refractivity contribution in [2.75, 3.05) is 0 Å². The Labute approximate surface area is 63.3 Å². The lowest BCUT2D eigenvalue weighted by Crippen LogP contribution is -2.06. The van der Waals surface area contributed by atoms with Gasteiger partial charge in [0.05, 0.1) is 0 Å². The normalized spacial score (nSPS) is 50.0. The van der Waals surface area contributed by atoms with E-state index in [2.05, 4.69) is 32.9 Å². The van der Waals surface area contributed by atoms with Crippen LogP contribution in [0.5, 0.6) is 0 Å². The lowest BCUT2D eigenvalue weighted by Gasteiger charge is -2.13. The molecule has 0 N–H and O–H groups in total. The molecular formula is C10H16. The molecule has 0 heterocycles. The number of fused-ring (bicyclic) bond motifs is 1. The molecule has 0 amide bonds. The molecule has 2 rings (SSSR count). The van der Waals surface area contributed by atoms with E-state index in [0.717, 1.165) is 17.8 Å². The standard InChI is InChI=1S/C10H16/c1-7(2)10-5-4-8(3)9(10)6-10/h4-5,7-9H,6H2,1-3H3/t8-,9+,10+/m1/s1. The smallest absolute Gasteiger partial charge is 0.00579 e. The summed E-state index contributed by atoms with van der Waals surface area (Å²) >= 11 is 0. The summed E-state index contributed by atoms with van der Waals surface area (Å²) in [6, 6.07) is 0. The zero-order valence-corrected chi connectivity index (χ0v) is 7.09. The van der Waals surface area contributed by atoms with E-state index in [9.17, 15) is 0 Å². The van der Waals surface area contributed by atoms with Gasteiger partial charge in [0, 0.05) is 0 Å². The van der Waals surface area contributed by atoms with Crippen molar-refractivity contribution in [1.82, 2.24) is 0 Å². The third-order valence-electron chi connectivity index (χ3n) is 3.52. The Kier molecular flexibility index (Phi) is 1.07. The zero-order chi connectivity index (χ0) is 7.35. The van der Waals surface area contributed by atoms with Gasteiger partial charge in [-0.25, -0.2) is 0 Å². The van der Waals surface area contributed by atoms with Crippen molar-refractivity contribution in [2.24, 2.45) is 23.2 Å². The molecule has 0 aliphatic heterocycles. The summed E-state index contributed by atoms with van der Waals surface area (Å²) in [5.74, 6) is 2.73. The highest BCUT2D eigenvalue weighted by molar-refractivity contribution is 5.25. The van der Waals surface area contributed by atoms with Gasteiger partial charge in [-0.2, -0.15) is 0 Å². The van der Waals surface area contributed by atoms with Crippen molar-refractivity contribution in [3.63, 3.8) is 0 Å². The molecule has 0 aromatic heterocycles. The lowest BCUT2D eigenvalue weighted by molar-refractivity contribution is 0.401. The van der Waals surface area contributed by atoms with E-state index >= 15 is 0 Å². The molecule has 0 nitrogen and oxygen atoms in total. The van der Waals surface area contributed by atoms with Gasteiger partial charge in [-0.15, -0.1) is 0 Å². The highest BCUT2D eigenvalue weighted by Crippen LogP contribution is 2.65. The molecule has 0 aromatic rings. The number of hydrogen-bond donors (Lipinski definition) is 0. The first-order valence-electron chi connectivity index (χ1n) is 4.36. The third-order valence-corrected chi connectivity index (χ3v) is 3.52. The molecule has 2 aliphatic carbocycles. The maximum Gasteiger partial charge on any atom is -0.00579 e. The first-order chi connectivity index (χ1) is 4.67. The Morgan fingerprint density at radius 1 is 1.50 bits per heavy atom. The minimum Gasteiger partial charge on any atom is -0.0848 e. The van der Waals surface area contributed by atoms with Crippen LogP contribution in [0.15, 0.2) is 12.2 Å². The van der Waals surface area contributed by atoms with Crippen LogP contribution in [0.1, 0.15) is 27.2 Å². The summed E-state index contributed by atoms with van der Waals surface area (Å²) in [6.07, 6.45) is 6.32. The maximum absolute atomic E-state index is 2.47. The Morgan fingerprint density at radius 2 is 2.20 bits per heavy atom. The molecule has 3 atom stereocenters. The first-order valence-corrected chi connectivity index (χ1v) is 4.36. The van der Waals surface area contributed by atoms with E-state index in [0.29, 0.717) is 5.41 Å². The van der Waals surface area contributed by atoms with Crippen molar-refractivity contribution in [3.8, 4) is 0 Å². The molecule has 0 radical (unpaired) electrons. The van der Waals surface area contributed by atoms with E-state index in [1.54, 1.807) is 0 Å². The second-order valence-electron chi connectivity index (χ2n) is 4.30. The Balaban J connectivity index is 2.19. The SMILES string of the molecule is CC(C)[C@@]12C=C[C@@H](C)[C@@H]1C2. The molecular weight excluding hydrogens is 120 g/mol. The van der Waals surface area contributed by atoms with E-state index in [1.165, 1.54) is 6.42 Å². The Hall–Kier alpha value is -0.260. The van der Waals surface area contributed by atoms with E-state index in [4.69, 9.17) is 0 Å². The van der Waals surface area contributed by atoms with E-state index in [1.807, 2.05) is 0 Å². The zero-order valence-electron chi connectivity index (χ0n) is 7.09. The molecule has 2 aliphatic rings. The minimum atomic E-state index is 0.652. The van der Waals surface area contributed by atoms with Crippen molar-refractivity contribution in [1.29, 1.82) is 0 Å². The summed E-state index contributed by atoms with van der Waals surface area (Å²) in [7, 11) is 0. The summed E-state index contributed by atoms with van der Waals surface area (Å²) < 4.78 is 0.